The van der Waals surface area contributed by atoms with E-state index in [1.54, 1.807) is 0 Å². The van der Waals surface area contributed by atoms with Gasteiger partial charge in [0.2, 0.25) is 5.91 Å². The van der Waals surface area contributed by atoms with Crippen LogP contribution in [0.2, 0.25) is 0 Å². The zero-order chi connectivity index (χ0) is 14.4. The van der Waals surface area contributed by atoms with Gasteiger partial charge in [-0.3, -0.25) is 4.79 Å². The van der Waals surface area contributed by atoms with E-state index in [1.165, 1.54) is 18.4 Å². The molecule has 0 unspecified atom stereocenters. The Labute approximate surface area is 126 Å². The predicted molar refractivity (Wildman–Crippen MR) is 82.2 cm³/mol. The van der Waals surface area contributed by atoms with Crippen LogP contribution in [0.4, 0.5) is 5.82 Å². The van der Waals surface area contributed by atoms with E-state index in [2.05, 4.69) is 27.8 Å². The topological polar surface area (TPSA) is 36.4 Å². The standard InChI is InChI=1S/C17H23N3O/c1-12-6-8-18-16(10-12)19-9-7-15-13(11-19)2-5-17(21)20(15)14-3-4-14/h6,8,10,13-15H,2-5,7,9,11H2,1H3/t13-,15+/m0/s1. The number of rotatable bonds is 2. The van der Waals surface area contributed by atoms with Crippen molar-refractivity contribution in [3.63, 3.8) is 0 Å². The SMILES string of the molecule is Cc1ccnc(N2CC[C@@H]3[C@@H](CCC(=O)N3C3CC3)C2)c1. The van der Waals surface area contributed by atoms with Crippen molar-refractivity contribution in [3.05, 3.63) is 23.9 Å². The molecule has 1 aromatic rings. The molecule has 3 aliphatic rings. The molecular weight excluding hydrogens is 262 g/mol. The highest BCUT2D eigenvalue weighted by Crippen LogP contribution is 2.39. The van der Waals surface area contributed by atoms with Crippen LogP contribution in [0.1, 0.15) is 37.7 Å². The Hall–Kier alpha value is -1.58. The highest BCUT2D eigenvalue weighted by atomic mass is 16.2. The van der Waals surface area contributed by atoms with Crippen molar-refractivity contribution in [2.45, 2.75) is 51.1 Å². The normalized spacial score (nSPS) is 29.5. The van der Waals surface area contributed by atoms with Gasteiger partial charge in [-0.25, -0.2) is 4.98 Å². The lowest BCUT2D eigenvalue weighted by atomic mass is 9.83. The number of pyridine rings is 1. The number of nitrogens with zero attached hydrogens (tertiary/aromatic N) is 3. The van der Waals surface area contributed by atoms with Crippen LogP contribution in [0.3, 0.4) is 0 Å². The van der Waals surface area contributed by atoms with Gasteiger partial charge in [0.15, 0.2) is 0 Å². The summed E-state index contributed by atoms with van der Waals surface area (Å²) in [5.41, 5.74) is 1.26. The molecule has 0 radical (unpaired) electrons. The van der Waals surface area contributed by atoms with Crippen molar-refractivity contribution >= 4 is 11.7 Å². The van der Waals surface area contributed by atoms with Gasteiger partial charge in [0.1, 0.15) is 5.82 Å². The van der Waals surface area contributed by atoms with Crippen LogP contribution >= 0.6 is 0 Å². The van der Waals surface area contributed by atoms with E-state index in [0.717, 1.165) is 38.2 Å². The van der Waals surface area contributed by atoms with Gasteiger partial charge in [-0.05, 0) is 56.2 Å². The van der Waals surface area contributed by atoms with E-state index < -0.39 is 0 Å². The van der Waals surface area contributed by atoms with Crippen LogP contribution in [0.15, 0.2) is 18.3 Å². The molecule has 1 aliphatic carbocycles. The van der Waals surface area contributed by atoms with Crippen molar-refractivity contribution in [1.82, 2.24) is 9.88 Å². The van der Waals surface area contributed by atoms with Crippen molar-refractivity contribution in [3.8, 4) is 0 Å². The highest BCUT2D eigenvalue weighted by Gasteiger charge is 2.45. The fraction of sp³-hybridized carbons (Fsp3) is 0.647. The van der Waals surface area contributed by atoms with Crippen LogP contribution in [-0.2, 0) is 4.79 Å². The molecule has 1 aromatic heterocycles. The highest BCUT2D eigenvalue weighted by molar-refractivity contribution is 5.78. The summed E-state index contributed by atoms with van der Waals surface area (Å²) in [5, 5.41) is 0. The van der Waals surface area contributed by atoms with Crippen LogP contribution < -0.4 is 4.90 Å². The smallest absolute Gasteiger partial charge is 0.223 e. The number of likely N-dealkylation sites (tertiary alicyclic amines) is 1. The minimum atomic E-state index is 0.404. The summed E-state index contributed by atoms with van der Waals surface area (Å²) in [4.78, 5) is 21.4. The number of fused-ring (bicyclic) bond motifs is 1. The number of amides is 1. The number of carbonyl (C=O) groups is 1. The third-order valence-corrected chi connectivity index (χ3v) is 5.23. The molecule has 1 amide bonds. The predicted octanol–water partition coefficient (Wildman–Crippen LogP) is 2.37. The van der Waals surface area contributed by atoms with Crippen LogP contribution in [-0.4, -0.2) is 41.0 Å². The Balaban J connectivity index is 1.52. The minimum absolute atomic E-state index is 0.404. The summed E-state index contributed by atoms with van der Waals surface area (Å²) in [5.74, 6) is 2.13. The van der Waals surface area contributed by atoms with Crippen molar-refractivity contribution < 1.29 is 4.79 Å². The van der Waals surface area contributed by atoms with Gasteiger partial charge in [0.25, 0.3) is 0 Å². The van der Waals surface area contributed by atoms with E-state index in [4.69, 9.17) is 0 Å². The van der Waals surface area contributed by atoms with Gasteiger partial charge in [0.05, 0.1) is 0 Å². The number of aryl methyl sites for hydroxylation is 1. The Morgan fingerprint density at radius 2 is 2.10 bits per heavy atom. The second kappa shape index (κ2) is 5.00. The molecule has 0 bridgehead atoms. The third kappa shape index (κ3) is 2.41. The van der Waals surface area contributed by atoms with E-state index in [1.807, 2.05) is 12.3 Å². The first-order valence-electron chi connectivity index (χ1n) is 8.21. The van der Waals surface area contributed by atoms with Crippen LogP contribution in [0.25, 0.3) is 0 Å². The largest absolute Gasteiger partial charge is 0.356 e. The Morgan fingerprint density at radius 3 is 2.86 bits per heavy atom. The zero-order valence-corrected chi connectivity index (χ0v) is 12.7. The second-order valence-corrected chi connectivity index (χ2v) is 6.82. The van der Waals surface area contributed by atoms with Gasteiger partial charge in [-0.15, -0.1) is 0 Å². The lowest BCUT2D eigenvalue weighted by molar-refractivity contribution is -0.140. The monoisotopic (exact) mass is 285 g/mol. The molecule has 0 spiro atoms. The summed E-state index contributed by atoms with van der Waals surface area (Å²) in [6.07, 6.45) is 7.23. The first-order valence-corrected chi connectivity index (χ1v) is 8.21. The molecule has 4 rings (SSSR count). The number of piperidine rings is 2. The maximum absolute atomic E-state index is 12.2. The van der Waals surface area contributed by atoms with Crippen LogP contribution in [0.5, 0.6) is 0 Å². The molecule has 4 heteroatoms. The Kier molecular flexibility index (Phi) is 3.12. The molecule has 1 saturated carbocycles. The lowest BCUT2D eigenvalue weighted by Crippen LogP contribution is -2.56. The molecule has 0 aromatic carbocycles. The number of carbonyl (C=O) groups excluding carboxylic acids is 1. The van der Waals surface area contributed by atoms with E-state index in [0.29, 0.717) is 23.9 Å². The quantitative estimate of drug-likeness (QED) is 0.837. The fourth-order valence-electron chi connectivity index (χ4n) is 4.02. The first-order chi connectivity index (χ1) is 10.2. The molecular formula is C17H23N3O. The summed E-state index contributed by atoms with van der Waals surface area (Å²) >= 11 is 0. The summed E-state index contributed by atoms with van der Waals surface area (Å²) in [6, 6.07) is 5.27. The minimum Gasteiger partial charge on any atom is -0.356 e. The van der Waals surface area contributed by atoms with Crippen molar-refractivity contribution in [1.29, 1.82) is 0 Å². The lowest BCUT2D eigenvalue weighted by Gasteiger charge is -2.47. The molecule has 112 valence electrons. The molecule has 2 aliphatic heterocycles. The van der Waals surface area contributed by atoms with Gasteiger partial charge in [-0.1, -0.05) is 0 Å². The Bertz CT molecular complexity index is 555. The average molecular weight is 285 g/mol. The fourth-order valence-corrected chi connectivity index (χ4v) is 4.02. The average Bonchev–Trinajstić information content (AvgIpc) is 3.31. The molecule has 21 heavy (non-hydrogen) atoms. The van der Waals surface area contributed by atoms with Crippen molar-refractivity contribution in [2.24, 2.45) is 5.92 Å². The molecule has 4 nitrogen and oxygen atoms in total. The van der Waals surface area contributed by atoms with E-state index in [-0.39, 0.29) is 0 Å². The van der Waals surface area contributed by atoms with Gasteiger partial charge < -0.3 is 9.80 Å². The maximum Gasteiger partial charge on any atom is 0.223 e. The summed E-state index contributed by atoms with van der Waals surface area (Å²) in [7, 11) is 0. The van der Waals surface area contributed by atoms with E-state index in [9.17, 15) is 4.79 Å². The Morgan fingerprint density at radius 1 is 1.24 bits per heavy atom. The number of hydrogen-bond acceptors (Lipinski definition) is 3. The molecule has 3 fully saturated rings. The third-order valence-electron chi connectivity index (χ3n) is 5.23. The molecule has 2 saturated heterocycles. The van der Waals surface area contributed by atoms with Crippen LogP contribution in [0, 0.1) is 12.8 Å². The summed E-state index contributed by atoms with van der Waals surface area (Å²) < 4.78 is 0. The van der Waals surface area contributed by atoms with E-state index >= 15 is 0 Å². The summed E-state index contributed by atoms with van der Waals surface area (Å²) in [6.45, 7) is 4.19. The zero-order valence-electron chi connectivity index (χ0n) is 12.7. The molecule has 0 N–H and O–H groups in total. The van der Waals surface area contributed by atoms with Gasteiger partial charge in [-0.2, -0.15) is 0 Å². The van der Waals surface area contributed by atoms with Gasteiger partial charge in [0, 0.05) is 37.8 Å². The molecule has 2 atom stereocenters. The first kappa shape index (κ1) is 13.1. The maximum atomic E-state index is 12.2. The number of aromatic nitrogens is 1. The number of hydrogen-bond donors (Lipinski definition) is 0. The van der Waals surface area contributed by atoms with Crippen molar-refractivity contribution in [2.75, 3.05) is 18.0 Å². The number of anilines is 1. The molecule has 3 heterocycles. The van der Waals surface area contributed by atoms with Gasteiger partial charge >= 0.3 is 0 Å². The second-order valence-electron chi connectivity index (χ2n) is 6.82.